The lowest BCUT2D eigenvalue weighted by Crippen LogP contribution is -2.33. The monoisotopic (exact) mass is 234 g/mol. The standard InChI is InChI=1S/C13H18N2O2/c1-9(2)14-12(16)8-13(17)15-11-6-4-10(3)5-7-11/h4-7,9H,8H2,1-3H3,(H,14,16)(H,15,17). The Morgan fingerprint density at radius 2 is 1.71 bits per heavy atom. The SMILES string of the molecule is Cc1ccc(NC(=O)CC(=O)NC(C)C)cc1. The van der Waals surface area contributed by atoms with E-state index in [-0.39, 0.29) is 24.3 Å². The molecule has 1 rings (SSSR count). The van der Waals surface area contributed by atoms with Crippen LogP contribution in [0.15, 0.2) is 24.3 Å². The Kier molecular flexibility index (Phi) is 4.69. The van der Waals surface area contributed by atoms with Crippen LogP contribution in [0, 0.1) is 6.92 Å². The molecule has 0 aromatic heterocycles. The molecule has 4 heteroatoms. The van der Waals surface area contributed by atoms with Crippen LogP contribution in [-0.4, -0.2) is 17.9 Å². The number of benzene rings is 1. The summed E-state index contributed by atoms with van der Waals surface area (Å²) in [5.41, 5.74) is 1.83. The Balaban J connectivity index is 2.44. The van der Waals surface area contributed by atoms with Gasteiger partial charge in [-0.15, -0.1) is 0 Å². The lowest BCUT2D eigenvalue weighted by atomic mass is 10.2. The molecule has 0 aliphatic heterocycles. The van der Waals surface area contributed by atoms with Gasteiger partial charge in [0.15, 0.2) is 0 Å². The molecule has 0 heterocycles. The maximum Gasteiger partial charge on any atom is 0.233 e. The van der Waals surface area contributed by atoms with Crippen LogP contribution in [0.2, 0.25) is 0 Å². The third-order valence-electron chi connectivity index (χ3n) is 2.11. The van der Waals surface area contributed by atoms with E-state index in [0.29, 0.717) is 5.69 Å². The maximum absolute atomic E-state index is 11.5. The minimum absolute atomic E-state index is 0.0506. The number of anilines is 1. The third kappa shape index (κ3) is 5.15. The predicted molar refractivity (Wildman–Crippen MR) is 67.7 cm³/mol. The van der Waals surface area contributed by atoms with Gasteiger partial charge < -0.3 is 10.6 Å². The van der Waals surface area contributed by atoms with Crippen molar-refractivity contribution in [3.05, 3.63) is 29.8 Å². The molecule has 0 fully saturated rings. The van der Waals surface area contributed by atoms with Gasteiger partial charge in [0, 0.05) is 11.7 Å². The number of carbonyl (C=O) groups is 2. The van der Waals surface area contributed by atoms with Crippen LogP contribution in [0.5, 0.6) is 0 Å². The number of hydrogen-bond acceptors (Lipinski definition) is 2. The van der Waals surface area contributed by atoms with E-state index in [2.05, 4.69) is 10.6 Å². The number of amides is 2. The minimum Gasteiger partial charge on any atom is -0.353 e. The highest BCUT2D eigenvalue weighted by Crippen LogP contribution is 2.08. The first kappa shape index (κ1) is 13.2. The van der Waals surface area contributed by atoms with Crippen LogP contribution < -0.4 is 10.6 Å². The number of rotatable bonds is 4. The highest BCUT2D eigenvalue weighted by atomic mass is 16.2. The average molecular weight is 234 g/mol. The van der Waals surface area contributed by atoms with E-state index >= 15 is 0 Å². The van der Waals surface area contributed by atoms with Crippen molar-refractivity contribution in [2.24, 2.45) is 0 Å². The normalized spacial score (nSPS) is 10.1. The fourth-order valence-electron chi connectivity index (χ4n) is 1.36. The highest BCUT2D eigenvalue weighted by Gasteiger charge is 2.10. The Bertz CT molecular complexity index is 396. The number of nitrogens with one attached hydrogen (secondary N) is 2. The van der Waals surface area contributed by atoms with Gasteiger partial charge in [-0.1, -0.05) is 17.7 Å². The summed E-state index contributed by atoms with van der Waals surface area (Å²) in [7, 11) is 0. The summed E-state index contributed by atoms with van der Waals surface area (Å²) in [6.45, 7) is 5.69. The molecular formula is C13H18N2O2. The fraction of sp³-hybridized carbons (Fsp3) is 0.385. The molecule has 0 unspecified atom stereocenters. The molecule has 0 spiro atoms. The number of hydrogen-bond donors (Lipinski definition) is 2. The number of aryl methyl sites for hydroxylation is 1. The van der Waals surface area contributed by atoms with Gasteiger partial charge in [-0.05, 0) is 32.9 Å². The summed E-state index contributed by atoms with van der Waals surface area (Å²) in [6.07, 6.45) is -0.147. The summed E-state index contributed by atoms with van der Waals surface area (Å²) in [4.78, 5) is 22.9. The van der Waals surface area contributed by atoms with E-state index < -0.39 is 0 Å². The molecule has 0 radical (unpaired) electrons. The second-order valence-corrected chi connectivity index (χ2v) is 4.31. The first-order chi connectivity index (χ1) is 7.97. The third-order valence-corrected chi connectivity index (χ3v) is 2.11. The Morgan fingerprint density at radius 3 is 2.24 bits per heavy atom. The Hall–Kier alpha value is -1.84. The summed E-state index contributed by atoms with van der Waals surface area (Å²) < 4.78 is 0. The van der Waals surface area contributed by atoms with Crippen molar-refractivity contribution in [2.45, 2.75) is 33.2 Å². The van der Waals surface area contributed by atoms with Crippen molar-refractivity contribution >= 4 is 17.5 Å². The van der Waals surface area contributed by atoms with Gasteiger partial charge in [0.25, 0.3) is 0 Å². The van der Waals surface area contributed by atoms with E-state index in [0.717, 1.165) is 5.56 Å². The molecule has 17 heavy (non-hydrogen) atoms. The molecule has 0 atom stereocenters. The van der Waals surface area contributed by atoms with Gasteiger partial charge in [0.2, 0.25) is 11.8 Å². The van der Waals surface area contributed by atoms with Crippen LogP contribution >= 0.6 is 0 Å². The van der Waals surface area contributed by atoms with Crippen molar-refractivity contribution in [3.63, 3.8) is 0 Å². The first-order valence-corrected chi connectivity index (χ1v) is 5.63. The molecule has 2 N–H and O–H groups in total. The zero-order chi connectivity index (χ0) is 12.8. The van der Waals surface area contributed by atoms with Gasteiger partial charge in [0.05, 0.1) is 0 Å². The second kappa shape index (κ2) is 6.03. The van der Waals surface area contributed by atoms with Gasteiger partial charge in [-0.3, -0.25) is 9.59 Å². The van der Waals surface area contributed by atoms with Gasteiger partial charge in [-0.25, -0.2) is 0 Å². The van der Waals surface area contributed by atoms with Crippen molar-refractivity contribution in [2.75, 3.05) is 5.32 Å². The predicted octanol–water partition coefficient (Wildman–Crippen LogP) is 1.85. The molecule has 0 aliphatic rings. The Labute approximate surface area is 101 Å². The molecule has 2 amide bonds. The molecule has 4 nitrogen and oxygen atoms in total. The maximum atomic E-state index is 11.5. The summed E-state index contributed by atoms with van der Waals surface area (Å²) in [5, 5.41) is 5.34. The van der Waals surface area contributed by atoms with Gasteiger partial charge >= 0.3 is 0 Å². The summed E-state index contributed by atoms with van der Waals surface area (Å²) in [5.74, 6) is -0.559. The first-order valence-electron chi connectivity index (χ1n) is 5.63. The van der Waals surface area contributed by atoms with Crippen LogP contribution in [-0.2, 0) is 9.59 Å². The molecule has 92 valence electrons. The van der Waals surface area contributed by atoms with Crippen LogP contribution in [0.3, 0.4) is 0 Å². The summed E-state index contributed by atoms with van der Waals surface area (Å²) >= 11 is 0. The lowest BCUT2D eigenvalue weighted by molar-refractivity contribution is -0.127. The van der Waals surface area contributed by atoms with Gasteiger partial charge in [0.1, 0.15) is 6.42 Å². The number of carbonyl (C=O) groups excluding carboxylic acids is 2. The van der Waals surface area contributed by atoms with Crippen LogP contribution in [0.25, 0.3) is 0 Å². The molecule has 1 aromatic carbocycles. The highest BCUT2D eigenvalue weighted by molar-refractivity contribution is 6.03. The van der Waals surface area contributed by atoms with Crippen LogP contribution in [0.1, 0.15) is 25.8 Å². The van der Waals surface area contributed by atoms with E-state index in [4.69, 9.17) is 0 Å². The van der Waals surface area contributed by atoms with Crippen LogP contribution in [0.4, 0.5) is 5.69 Å². The Morgan fingerprint density at radius 1 is 1.12 bits per heavy atom. The van der Waals surface area contributed by atoms with Crippen molar-refractivity contribution < 1.29 is 9.59 Å². The minimum atomic E-state index is -0.299. The second-order valence-electron chi connectivity index (χ2n) is 4.31. The molecule has 0 aliphatic carbocycles. The van der Waals surface area contributed by atoms with E-state index in [9.17, 15) is 9.59 Å². The smallest absolute Gasteiger partial charge is 0.233 e. The van der Waals surface area contributed by atoms with Crippen molar-refractivity contribution in [1.29, 1.82) is 0 Å². The summed E-state index contributed by atoms with van der Waals surface area (Å²) in [6, 6.07) is 7.49. The van der Waals surface area contributed by atoms with E-state index in [1.165, 1.54) is 0 Å². The van der Waals surface area contributed by atoms with E-state index in [1.54, 1.807) is 0 Å². The molecule has 0 bridgehead atoms. The zero-order valence-corrected chi connectivity index (χ0v) is 10.4. The largest absolute Gasteiger partial charge is 0.353 e. The van der Waals surface area contributed by atoms with E-state index in [1.807, 2.05) is 45.0 Å². The quantitative estimate of drug-likeness (QED) is 0.781. The fourth-order valence-corrected chi connectivity index (χ4v) is 1.36. The lowest BCUT2D eigenvalue weighted by Gasteiger charge is -2.08. The topological polar surface area (TPSA) is 58.2 Å². The molecule has 1 aromatic rings. The van der Waals surface area contributed by atoms with Crippen molar-refractivity contribution in [1.82, 2.24) is 5.32 Å². The molecule has 0 saturated heterocycles. The van der Waals surface area contributed by atoms with Gasteiger partial charge in [-0.2, -0.15) is 0 Å². The zero-order valence-electron chi connectivity index (χ0n) is 10.4. The molecule has 0 saturated carbocycles. The molecular weight excluding hydrogens is 216 g/mol. The average Bonchev–Trinajstić information content (AvgIpc) is 2.19. The van der Waals surface area contributed by atoms with Crippen molar-refractivity contribution in [3.8, 4) is 0 Å².